The van der Waals surface area contributed by atoms with E-state index in [1.54, 1.807) is 62.6 Å². The predicted octanol–water partition coefficient (Wildman–Crippen LogP) is 3.19. The number of nitrogens with one attached hydrogen (secondary N) is 3. The normalized spacial score (nSPS) is 10.1. The van der Waals surface area contributed by atoms with Gasteiger partial charge in [-0.25, -0.2) is 0 Å². The van der Waals surface area contributed by atoms with Crippen molar-refractivity contribution in [2.24, 2.45) is 0 Å². The molecule has 0 radical (unpaired) electrons. The summed E-state index contributed by atoms with van der Waals surface area (Å²) >= 11 is 5.22. The number of methoxy groups -OCH3 is 1. The molecule has 28 heavy (non-hydrogen) atoms. The van der Waals surface area contributed by atoms with Gasteiger partial charge in [-0.2, -0.15) is 0 Å². The molecule has 0 saturated heterocycles. The average Bonchev–Trinajstić information content (AvgIpc) is 2.68. The molecule has 8 heteroatoms. The van der Waals surface area contributed by atoms with E-state index in [0.717, 1.165) is 0 Å². The molecule has 2 rings (SSSR count). The number of ether oxygens (including phenoxy) is 2. The first-order valence-corrected chi connectivity index (χ1v) is 9.17. The Bertz CT molecular complexity index is 842. The zero-order valence-corrected chi connectivity index (χ0v) is 16.6. The SMILES string of the molecule is CCC(=O)Nc1cccc(NC(=S)NC(=O)c2ccccc2OCCOC)c1. The molecule has 0 atom stereocenters. The summed E-state index contributed by atoms with van der Waals surface area (Å²) in [4.78, 5) is 24.1. The number of rotatable bonds is 8. The lowest BCUT2D eigenvalue weighted by molar-refractivity contribution is -0.115. The Hall–Kier alpha value is -2.97. The van der Waals surface area contributed by atoms with Crippen LogP contribution < -0.4 is 20.7 Å². The van der Waals surface area contributed by atoms with Crippen molar-refractivity contribution in [2.75, 3.05) is 31.0 Å². The molecule has 0 aliphatic rings. The second-order valence-corrected chi connectivity index (χ2v) is 6.14. The van der Waals surface area contributed by atoms with Crippen molar-refractivity contribution in [2.45, 2.75) is 13.3 Å². The standard InChI is InChI=1S/C20H23N3O4S/c1-3-18(24)21-14-7-6-8-15(13-14)22-20(28)23-19(25)16-9-4-5-10-17(16)27-12-11-26-2/h4-10,13H,3,11-12H2,1-2H3,(H,21,24)(H2,22,23,25,28). The molecule has 0 fully saturated rings. The van der Waals surface area contributed by atoms with Crippen LogP contribution in [-0.2, 0) is 9.53 Å². The van der Waals surface area contributed by atoms with Gasteiger partial charge in [-0.05, 0) is 42.5 Å². The van der Waals surface area contributed by atoms with Gasteiger partial charge < -0.3 is 20.1 Å². The van der Waals surface area contributed by atoms with Crippen molar-refractivity contribution in [1.82, 2.24) is 5.32 Å². The van der Waals surface area contributed by atoms with Gasteiger partial charge in [0, 0.05) is 24.9 Å². The first kappa shape index (κ1) is 21.3. The van der Waals surface area contributed by atoms with E-state index >= 15 is 0 Å². The van der Waals surface area contributed by atoms with Crippen LogP contribution in [0.1, 0.15) is 23.7 Å². The molecule has 3 N–H and O–H groups in total. The van der Waals surface area contributed by atoms with E-state index in [1.165, 1.54) is 0 Å². The third-order valence-corrected chi connectivity index (χ3v) is 3.83. The van der Waals surface area contributed by atoms with Gasteiger partial charge >= 0.3 is 0 Å². The van der Waals surface area contributed by atoms with Gasteiger partial charge in [0.05, 0.1) is 12.2 Å². The van der Waals surface area contributed by atoms with Crippen molar-refractivity contribution in [3.8, 4) is 5.75 Å². The minimum Gasteiger partial charge on any atom is -0.490 e. The van der Waals surface area contributed by atoms with E-state index in [9.17, 15) is 9.59 Å². The Kier molecular flexibility index (Phi) is 8.38. The Balaban J connectivity index is 1.99. The maximum atomic E-state index is 12.5. The van der Waals surface area contributed by atoms with Gasteiger partial charge in [-0.15, -0.1) is 0 Å². The minimum atomic E-state index is -0.388. The Morgan fingerprint density at radius 3 is 2.43 bits per heavy atom. The lowest BCUT2D eigenvalue weighted by atomic mass is 10.2. The van der Waals surface area contributed by atoms with Gasteiger partial charge in [-0.1, -0.05) is 25.1 Å². The van der Waals surface area contributed by atoms with Crippen LogP contribution in [0, 0.1) is 0 Å². The van der Waals surface area contributed by atoms with E-state index in [-0.39, 0.29) is 16.9 Å². The van der Waals surface area contributed by atoms with E-state index in [2.05, 4.69) is 16.0 Å². The van der Waals surface area contributed by atoms with E-state index in [1.807, 2.05) is 0 Å². The van der Waals surface area contributed by atoms with Gasteiger partial charge in [0.15, 0.2) is 5.11 Å². The maximum Gasteiger partial charge on any atom is 0.261 e. The molecule has 0 heterocycles. The van der Waals surface area contributed by atoms with Gasteiger partial charge in [0.2, 0.25) is 5.91 Å². The molecular weight excluding hydrogens is 378 g/mol. The van der Waals surface area contributed by atoms with E-state index < -0.39 is 0 Å². The fourth-order valence-electron chi connectivity index (χ4n) is 2.27. The van der Waals surface area contributed by atoms with Crippen LogP contribution in [0.2, 0.25) is 0 Å². The highest BCUT2D eigenvalue weighted by Gasteiger charge is 2.13. The molecule has 0 aromatic heterocycles. The van der Waals surface area contributed by atoms with E-state index in [0.29, 0.717) is 42.3 Å². The highest BCUT2D eigenvalue weighted by molar-refractivity contribution is 7.80. The molecule has 0 unspecified atom stereocenters. The van der Waals surface area contributed by atoms with Crippen molar-refractivity contribution < 1.29 is 19.1 Å². The highest BCUT2D eigenvalue weighted by atomic mass is 32.1. The Labute approximate surface area is 169 Å². The summed E-state index contributed by atoms with van der Waals surface area (Å²) in [7, 11) is 1.58. The first-order chi connectivity index (χ1) is 13.5. The quantitative estimate of drug-likeness (QED) is 0.465. The number of thiocarbonyl (C=S) groups is 1. The molecule has 0 aliphatic carbocycles. The predicted molar refractivity (Wildman–Crippen MR) is 113 cm³/mol. The smallest absolute Gasteiger partial charge is 0.261 e. The lowest BCUT2D eigenvalue weighted by Gasteiger charge is -2.13. The second-order valence-electron chi connectivity index (χ2n) is 5.73. The Morgan fingerprint density at radius 1 is 1.00 bits per heavy atom. The molecule has 7 nitrogen and oxygen atoms in total. The van der Waals surface area contributed by atoms with Gasteiger partial charge in [0.1, 0.15) is 12.4 Å². The summed E-state index contributed by atoms with van der Waals surface area (Å²) in [6.07, 6.45) is 0.387. The van der Waals surface area contributed by atoms with Crippen LogP contribution in [0.4, 0.5) is 11.4 Å². The van der Waals surface area contributed by atoms with Gasteiger partial charge in [-0.3, -0.25) is 14.9 Å². The molecule has 2 aromatic carbocycles. The third-order valence-electron chi connectivity index (χ3n) is 3.63. The number of amides is 2. The molecule has 0 aliphatic heterocycles. The van der Waals surface area contributed by atoms with Crippen LogP contribution in [0.5, 0.6) is 5.75 Å². The zero-order chi connectivity index (χ0) is 20.4. The topological polar surface area (TPSA) is 88.7 Å². The van der Waals surface area contributed by atoms with E-state index in [4.69, 9.17) is 21.7 Å². The number of para-hydroxylation sites is 1. The van der Waals surface area contributed by atoms with Crippen molar-refractivity contribution in [1.29, 1.82) is 0 Å². The fourth-order valence-corrected chi connectivity index (χ4v) is 2.48. The molecule has 0 spiro atoms. The van der Waals surface area contributed by atoms with Crippen LogP contribution in [0.25, 0.3) is 0 Å². The third kappa shape index (κ3) is 6.64. The zero-order valence-electron chi connectivity index (χ0n) is 15.8. The first-order valence-electron chi connectivity index (χ1n) is 8.76. The average molecular weight is 401 g/mol. The fraction of sp³-hybridized carbons (Fsp3) is 0.250. The maximum absolute atomic E-state index is 12.5. The van der Waals surface area contributed by atoms with Crippen molar-refractivity contribution in [3.05, 3.63) is 54.1 Å². The van der Waals surface area contributed by atoms with Gasteiger partial charge in [0.25, 0.3) is 5.91 Å². The van der Waals surface area contributed by atoms with Crippen LogP contribution in [-0.4, -0.2) is 37.3 Å². The molecule has 2 aromatic rings. The summed E-state index contributed by atoms with van der Waals surface area (Å²) in [6.45, 7) is 2.53. The minimum absolute atomic E-state index is 0.0851. The Morgan fingerprint density at radius 2 is 1.71 bits per heavy atom. The second kappa shape index (κ2) is 11.0. The summed E-state index contributed by atoms with van der Waals surface area (Å²) in [5, 5.41) is 8.47. The molecule has 0 saturated carbocycles. The molecule has 148 valence electrons. The molecular formula is C20H23N3O4S. The summed E-state index contributed by atoms with van der Waals surface area (Å²) in [5.41, 5.74) is 1.65. The summed E-state index contributed by atoms with van der Waals surface area (Å²) in [5.74, 6) is -0.0248. The number of hydrogen-bond donors (Lipinski definition) is 3. The largest absolute Gasteiger partial charge is 0.490 e. The number of hydrogen-bond acceptors (Lipinski definition) is 5. The van der Waals surface area contributed by atoms with Crippen LogP contribution in [0.3, 0.4) is 0 Å². The number of anilines is 2. The summed E-state index contributed by atoms with van der Waals surface area (Å²) in [6, 6.07) is 13.9. The van der Waals surface area contributed by atoms with Crippen molar-refractivity contribution in [3.63, 3.8) is 0 Å². The van der Waals surface area contributed by atoms with Crippen LogP contribution >= 0.6 is 12.2 Å². The number of carbonyl (C=O) groups is 2. The molecule has 0 bridgehead atoms. The lowest BCUT2D eigenvalue weighted by Crippen LogP contribution is -2.34. The van der Waals surface area contributed by atoms with Crippen LogP contribution in [0.15, 0.2) is 48.5 Å². The number of carbonyl (C=O) groups excluding carboxylic acids is 2. The monoisotopic (exact) mass is 401 g/mol. The van der Waals surface area contributed by atoms with Crippen molar-refractivity contribution >= 4 is 40.5 Å². The highest BCUT2D eigenvalue weighted by Crippen LogP contribution is 2.18. The summed E-state index contributed by atoms with van der Waals surface area (Å²) < 4.78 is 10.5. The number of benzene rings is 2. The molecule has 2 amide bonds.